The highest BCUT2D eigenvalue weighted by atomic mass is 16.2. The van der Waals surface area contributed by atoms with E-state index in [2.05, 4.69) is 42.5 Å². The molecule has 0 saturated carbocycles. The Kier molecular flexibility index (Phi) is 4.26. The van der Waals surface area contributed by atoms with Gasteiger partial charge in [0.1, 0.15) is 0 Å². The van der Waals surface area contributed by atoms with E-state index in [-0.39, 0.29) is 5.91 Å². The molecule has 0 N–H and O–H groups in total. The van der Waals surface area contributed by atoms with Crippen molar-refractivity contribution < 1.29 is 4.79 Å². The van der Waals surface area contributed by atoms with Crippen LogP contribution in [0.15, 0.2) is 66.7 Å². The van der Waals surface area contributed by atoms with Gasteiger partial charge in [0.05, 0.1) is 11.4 Å². The van der Waals surface area contributed by atoms with E-state index in [4.69, 9.17) is 0 Å². The Morgan fingerprint density at radius 3 is 2.42 bits per heavy atom. The van der Waals surface area contributed by atoms with Crippen LogP contribution >= 0.6 is 0 Å². The Bertz CT molecular complexity index is 920. The van der Waals surface area contributed by atoms with E-state index in [1.807, 2.05) is 37.3 Å². The number of fused-ring (bicyclic) bond motifs is 1. The predicted octanol–water partition coefficient (Wildman–Crippen LogP) is 4.77. The van der Waals surface area contributed by atoms with Crippen molar-refractivity contribution in [2.75, 3.05) is 11.4 Å². The molecule has 0 saturated heterocycles. The van der Waals surface area contributed by atoms with E-state index < -0.39 is 0 Å². The number of nitrogens with zero attached hydrogens (tertiary/aromatic N) is 2. The van der Waals surface area contributed by atoms with Crippen LogP contribution in [0.3, 0.4) is 0 Å². The third-order valence-electron chi connectivity index (χ3n) is 4.23. The zero-order chi connectivity index (χ0) is 17.3. The zero-order valence-corrected chi connectivity index (χ0v) is 14.4. The largest absolute Gasteiger partial charge is 0.344 e. The van der Waals surface area contributed by atoms with Gasteiger partial charge in [0.2, 0.25) is 5.91 Å². The molecule has 3 heteroatoms. The first-order valence-corrected chi connectivity index (χ1v) is 8.05. The number of aromatic nitrogens is 1. The van der Waals surface area contributed by atoms with Crippen molar-refractivity contribution in [2.24, 2.45) is 7.05 Å². The van der Waals surface area contributed by atoms with Crippen molar-refractivity contribution in [3.8, 4) is 11.3 Å². The number of para-hydroxylation sites is 2. The molecule has 0 bridgehead atoms. The van der Waals surface area contributed by atoms with Gasteiger partial charge in [0.15, 0.2) is 0 Å². The number of carbonyl (C=O) groups excluding carboxylic acids is 1. The average Bonchev–Trinajstić information content (AvgIpc) is 2.89. The maximum absolute atomic E-state index is 12.2. The summed E-state index contributed by atoms with van der Waals surface area (Å²) >= 11 is 0. The minimum Gasteiger partial charge on any atom is -0.344 e. The van der Waals surface area contributed by atoms with Gasteiger partial charge in [0.25, 0.3) is 0 Å². The van der Waals surface area contributed by atoms with Crippen molar-refractivity contribution >= 4 is 22.5 Å². The van der Waals surface area contributed by atoms with E-state index >= 15 is 0 Å². The lowest BCUT2D eigenvalue weighted by Crippen LogP contribution is -2.30. The fourth-order valence-electron chi connectivity index (χ4n) is 3.11. The van der Waals surface area contributed by atoms with Crippen molar-refractivity contribution in [2.45, 2.75) is 13.8 Å². The Morgan fingerprint density at radius 2 is 1.75 bits per heavy atom. The molecule has 0 aliphatic rings. The summed E-state index contributed by atoms with van der Waals surface area (Å²) in [5, 5.41) is 1.19. The molecule has 0 atom stereocenters. The lowest BCUT2D eigenvalue weighted by atomic mass is 10.1. The summed E-state index contributed by atoms with van der Waals surface area (Å²) in [7, 11) is 2.06. The number of carbonyl (C=O) groups is 1. The third kappa shape index (κ3) is 2.85. The molecule has 2 aromatic carbocycles. The molecule has 0 fully saturated rings. The van der Waals surface area contributed by atoms with Gasteiger partial charge in [-0.05, 0) is 25.1 Å². The first-order valence-electron chi connectivity index (χ1n) is 8.05. The normalized spacial score (nSPS) is 10.8. The van der Waals surface area contributed by atoms with Gasteiger partial charge >= 0.3 is 0 Å². The first kappa shape index (κ1) is 16.1. The van der Waals surface area contributed by atoms with Gasteiger partial charge in [-0.15, -0.1) is 0 Å². The number of rotatable bonds is 4. The average molecular weight is 318 g/mol. The van der Waals surface area contributed by atoms with Crippen molar-refractivity contribution in [3.05, 3.63) is 66.7 Å². The van der Waals surface area contributed by atoms with Crippen molar-refractivity contribution in [1.82, 2.24) is 4.57 Å². The molecule has 0 aliphatic carbocycles. The van der Waals surface area contributed by atoms with Crippen molar-refractivity contribution in [3.63, 3.8) is 0 Å². The quantitative estimate of drug-likeness (QED) is 0.636. The zero-order valence-electron chi connectivity index (χ0n) is 14.4. The molecular weight excluding hydrogens is 296 g/mol. The Labute approximate surface area is 142 Å². The monoisotopic (exact) mass is 318 g/mol. The van der Waals surface area contributed by atoms with Crippen LogP contribution in [0.1, 0.15) is 13.8 Å². The highest BCUT2D eigenvalue weighted by molar-refractivity contribution is 5.98. The SMILES string of the molecule is C=C(C)CN(C(C)=O)c1ccccc1-c1cc2ccccc2n1C. The van der Waals surface area contributed by atoms with Crippen LogP contribution in [0.25, 0.3) is 22.2 Å². The highest BCUT2D eigenvalue weighted by Crippen LogP contribution is 2.34. The molecule has 0 unspecified atom stereocenters. The first-order chi connectivity index (χ1) is 11.5. The van der Waals surface area contributed by atoms with Crippen LogP contribution in [0, 0.1) is 0 Å². The minimum absolute atomic E-state index is 0.0178. The fourth-order valence-corrected chi connectivity index (χ4v) is 3.11. The lowest BCUT2D eigenvalue weighted by Gasteiger charge is -2.24. The van der Waals surface area contributed by atoms with Gasteiger partial charge in [-0.1, -0.05) is 48.6 Å². The van der Waals surface area contributed by atoms with E-state index in [1.165, 1.54) is 10.9 Å². The summed E-state index contributed by atoms with van der Waals surface area (Å²) in [6.07, 6.45) is 0. The number of aryl methyl sites for hydroxylation is 1. The molecule has 0 aliphatic heterocycles. The predicted molar refractivity (Wildman–Crippen MR) is 101 cm³/mol. The second-order valence-electron chi connectivity index (χ2n) is 6.23. The molecular formula is C21H22N2O. The van der Waals surface area contributed by atoms with E-state index in [1.54, 1.807) is 11.8 Å². The van der Waals surface area contributed by atoms with Crippen LogP contribution < -0.4 is 4.90 Å². The minimum atomic E-state index is 0.0178. The molecule has 3 rings (SSSR count). The molecule has 24 heavy (non-hydrogen) atoms. The summed E-state index contributed by atoms with van der Waals surface area (Å²) in [5.74, 6) is 0.0178. The molecule has 0 radical (unpaired) electrons. The fraction of sp³-hybridized carbons (Fsp3) is 0.190. The molecule has 122 valence electrons. The summed E-state index contributed by atoms with van der Waals surface area (Å²) in [5.41, 5.74) is 5.19. The van der Waals surface area contributed by atoms with Gasteiger partial charge in [0, 0.05) is 37.0 Å². The number of benzene rings is 2. The van der Waals surface area contributed by atoms with Crippen LogP contribution in [-0.4, -0.2) is 17.0 Å². The number of hydrogen-bond acceptors (Lipinski definition) is 1. The second kappa shape index (κ2) is 6.36. The molecule has 3 nitrogen and oxygen atoms in total. The van der Waals surface area contributed by atoms with Crippen LogP contribution in [0.4, 0.5) is 5.69 Å². The molecule has 3 aromatic rings. The number of amides is 1. The second-order valence-corrected chi connectivity index (χ2v) is 6.23. The van der Waals surface area contributed by atoms with Crippen LogP contribution in [0.5, 0.6) is 0 Å². The van der Waals surface area contributed by atoms with Gasteiger partial charge < -0.3 is 9.47 Å². The number of anilines is 1. The molecule has 0 spiro atoms. The Morgan fingerprint density at radius 1 is 1.08 bits per heavy atom. The summed E-state index contributed by atoms with van der Waals surface area (Å²) in [6, 6.07) is 18.5. The van der Waals surface area contributed by atoms with Gasteiger partial charge in [-0.2, -0.15) is 0 Å². The lowest BCUT2D eigenvalue weighted by molar-refractivity contribution is -0.116. The van der Waals surface area contributed by atoms with Gasteiger partial charge in [-0.25, -0.2) is 0 Å². The molecule has 1 heterocycles. The summed E-state index contributed by atoms with van der Waals surface area (Å²) < 4.78 is 2.17. The van der Waals surface area contributed by atoms with Gasteiger partial charge in [-0.3, -0.25) is 4.79 Å². The Balaban J connectivity index is 2.19. The number of hydrogen-bond donors (Lipinski definition) is 0. The van der Waals surface area contributed by atoms with Crippen molar-refractivity contribution in [1.29, 1.82) is 0 Å². The van der Waals surface area contributed by atoms with E-state index in [9.17, 15) is 4.79 Å². The topological polar surface area (TPSA) is 25.2 Å². The summed E-state index contributed by atoms with van der Waals surface area (Å²) in [6.45, 7) is 8.02. The third-order valence-corrected chi connectivity index (χ3v) is 4.23. The molecule has 1 aromatic heterocycles. The molecule has 1 amide bonds. The van der Waals surface area contributed by atoms with E-state index in [0.717, 1.165) is 22.5 Å². The van der Waals surface area contributed by atoms with Crippen LogP contribution in [0.2, 0.25) is 0 Å². The van der Waals surface area contributed by atoms with E-state index in [0.29, 0.717) is 6.54 Å². The Hall–Kier alpha value is -2.81. The standard InChI is InChI=1S/C21H22N2O/c1-15(2)14-23(16(3)24)20-12-8-6-10-18(20)21-13-17-9-5-7-11-19(17)22(21)4/h5-13H,1,14H2,2-4H3. The summed E-state index contributed by atoms with van der Waals surface area (Å²) in [4.78, 5) is 14.0. The highest BCUT2D eigenvalue weighted by Gasteiger charge is 2.18. The maximum atomic E-state index is 12.2. The van der Waals surface area contributed by atoms with Crippen LogP contribution in [-0.2, 0) is 11.8 Å². The maximum Gasteiger partial charge on any atom is 0.224 e. The smallest absolute Gasteiger partial charge is 0.224 e.